The van der Waals surface area contributed by atoms with Gasteiger partial charge in [-0.15, -0.1) is 12.4 Å². The number of methoxy groups -OCH3 is 1. The summed E-state index contributed by atoms with van der Waals surface area (Å²) < 4.78 is 16.7. The summed E-state index contributed by atoms with van der Waals surface area (Å²) in [6.07, 6.45) is 1.08. The second kappa shape index (κ2) is 12.8. The highest BCUT2D eigenvalue weighted by molar-refractivity contribution is 5.85. The highest BCUT2D eigenvalue weighted by Crippen LogP contribution is 2.24. The zero-order valence-electron chi connectivity index (χ0n) is 19.6. The molecule has 1 heterocycles. The van der Waals surface area contributed by atoms with Gasteiger partial charge in [0.25, 0.3) is 0 Å². The van der Waals surface area contributed by atoms with E-state index >= 15 is 0 Å². The van der Waals surface area contributed by atoms with Gasteiger partial charge in [0.1, 0.15) is 12.4 Å². The van der Waals surface area contributed by atoms with Crippen molar-refractivity contribution in [2.45, 2.75) is 39.2 Å². The largest absolute Gasteiger partial charge is 0.497 e. The van der Waals surface area contributed by atoms with E-state index in [4.69, 9.17) is 14.2 Å². The van der Waals surface area contributed by atoms with Gasteiger partial charge in [-0.05, 0) is 48.1 Å². The maximum atomic E-state index is 12.5. The van der Waals surface area contributed by atoms with Crippen LogP contribution in [0, 0.1) is 5.92 Å². The van der Waals surface area contributed by atoms with Crippen molar-refractivity contribution in [1.29, 1.82) is 0 Å². The number of morpholine rings is 1. The standard InChI is InChI=1S/C26H35NO4.ClH/c1-19(2)17-21-5-7-22(8-6-21)20(3)26(28)31-16-14-27-13-15-30-25(18-27)23-9-11-24(29-4)12-10-23;/h5-12,19-20,25H,13-18H2,1-4H3;1H. The number of esters is 1. The van der Waals surface area contributed by atoms with Crippen molar-refractivity contribution in [1.82, 2.24) is 4.90 Å². The Kier molecular flexibility index (Phi) is 10.5. The first-order valence-corrected chi connectivity index (χ1v) is 11.2. The lowest BCUT2D eigenvalue weighted by Crippen LogP contribution is -2.40. The number of hydrogen-bond acceptors (Lipinski definition) is 5. The van der Waals surface area contributed by atoms with Crippen molar-refractivity contribution in [2.24, 2.45) is 5.92 Å². The van der Waals surface area contributed by atoms with Gasteiger partial charge in [-0.2, -0.15) is 0 Å². The molecule has 1 aliphatic rings. The molecule has 176 valence electrons. The summed E-state index contributed by atoms with van der Waals surface area (Å²) in [5.74, 6) is 1.03. The monoisotopic (exact) mass is 461 g/mol. The molecule has 1 saturated heterocycles. The molecule has 6 heteroatoms. The van der Waals surface area contributed by atoms with Gasteiger partial charge in [-0.3, -0.25) is 9.69 Å². The quantitative estimate of drug-likeness (QED) is 0.490. The predicted octanol–water partition coefficient (Wildman–Crippen LogP) is 5.04. The molecule has 0 radical (unpaired) electrons. The van der Waals surface area contributed by atoms with Crippen LogP contribution in [0.25, 0.3) is 0 Å². The smallest absolute Gasteiger partial charge is 0.313 e. The molecular weight excluding hydrogens is 426 g/mol. The van der Waals surface area contributed by atoms with Crippen LogP contribution in [0.3, 0.4) is 0 Å². The van der Waals surface area contributed by atoms with E-state index in [0.717, 1.165) is 36.4 Å². The minimum absolute atomic E-state index is 0. The molecule has 1 fully saturated rings. The van der Waals surface area contributed by atoms with Crippen molar-refractivity contribution >= 4 is 18.4 Å². The van der Waals surface area contributed by atoms with Crippen LogP contribution in [0.15, 0.2) is 48.5 Å². The van der Waals surface area contributed by atoms with E-state index in [0.29, 0.717) is 25.7 Å². The molecule has 0 bridgehead atoms. The number of carbonyl (C=O) groups is 1. The van der Waals surface area contributed by atoms with Gasteiger partial charge in [0.05, 0.1) is 25.7 Å². The number of halogens is 1. The fourth-order valence-electron chi connectivity index (χ4n) is 3.88. The number of ether oxygens (including phenoxy) is 3. The average molecular weight is 462 g/mol. The van der Waals surface area contributed by atoms with Crippen LogP contribution in [0.4, 0.5) is 0 Å². The number of benzene rings is 2. The van der Waals surface area contributed by atoms with Gasteiger partial charge in [-0.25, -0.2) is 0 Å². The Morgan fingerprint density at radius 3 is 2.41 bits per heavy atom. The highest BCUT2D eigenvalue weighted by atomic mass is 35.5. The molecule has 2 aromatic rings. The molecule has 0 saturated carbocycles. The molecule has 1 aliphatic heterocycles. The molecule has 5 nitrogen and oxygen atoms in total. The Morgan fingerprint density at radius 1 is 1.09 bits per heavy atom. The third-order valence-corrected chi connectivity index (χ3v) is 5.77. The van der Waals surface area contributed by atoms with E-state index in [1.54, 1.807) is 7.11 Å². The van der Waals surface area contributed by atoms with Crippen LogP contribution in [-0.2, 0) is 20.7 Å². The van der Waals surface area contributed by atoms with E-state index in [1.807, 2.05) is 43.3 Å². The molecule has 3 rings (SSSR count). The Hall–Kier alpha value is -2.08. The van der Waals surface area contributed by atoms with Crippen molar-refractivity contribution in [3.8, 4) is 5.75 Å². The predicted molar refractivity (Wildman–Crippen MR) is 130 cm³/mol. The lowest BCUT2D eigenvalue weighted by atomic mass is 9.97. The topological polar surface area (TPSA) is 48.0 Å². The van der Waals surface area contributed by atoms with Gasteiger partial charge in [0.2, 0.25) is 0 Å². The molecule has 0 spiro atoms. The van der Waals surface area contributed by atoms with E-state index < -0.39 is 0 Å². The fraction of sp³-hybridized carbons (Fsp3) is 0.500. The molecule has 2 unspecified atom stereocenters. The van der Waals surface area contributed by atoms with Gasteiger partial charge in [-0.1, -0.05) is 50.2 Å². The summed E-state index contributed by atoms with van der Waals surface area (Å²) >= 11 is 0. The molecule has 0 aliphatic carbocycles. The van der Waals surface area contributed by atoms with E-state index in [1.165, 1.54) is 5.56 Å². The van der Waals surface area contributed by atoms with E-state index in [-0.39, 0.29) is 30.4 Å². The molecule has 32 heavy (non-hydrogen) atoms. The number of nitrogens with zero attached hydrogens (tertiary/aromatic N) is 1. The lowest BCUT2D eigenvalue weighted by molar-refractivity contribution is -0.146. The lowest BCUT2D eigenvalue weighted by Gasteiger charge is -2.33. The summed E-state index contributed by atoms with van der Waals surface area (Å²) in [5, 5.41) is 0. The zero-order chi connectivity index (χ0) is 22.2. The molecule has 2 atom stereocenters. The maximum absolute atomic E-state index is 12.5. The van der Waals surface area contributed by atoms with Crippen LogP contribution >= 0.6 is 12.4 Å². The highest BCUT2D eigenvalue weighted by Gasteiger charge is 2.23. The van der Waals surface area contributed by atoms with Gasteiger partial charge in [0.15, 0.2) is 0 Å². The molecular formula is C26H36ClNO4. The number of rotatable bonds is 9. The van der Waals surface area contributed by atoms with Crippen LogP contribution < -0.4 is 4.74 Å². The number of hydrogen-bond donors (Lipinski definition) is 0. The minimum Gasteiger partial charge on any atom is -0.497 e. The molecule has 0 aromatic heterocycles. The first-order valence-electron chi connectivity index (χ1n) is 11.2. The van der Waals surface area contributed by atoms with Crippen molar-refractivity contribution in [3.63, 3.8) is 0 Å². The van der Waals surface area contributed by atoms with E-state index in [9.17, 15) is 4.79 Å². The van der Waals surface area contributed by atoms with Gasteiger partial charge >= 0.3 is 5.97 Å². The van der Waals surface area contributed by atoms with Crippen molar-refractivity contribution < 1.29 is 19.0 Å². The molecule has 0 N–H and O–H groups in total. The summed E-state index contributed by atoms with van der Waals surface area (Å²) in [4.78, 5) is 14.8. The second-order valence-electron chi connectivity index (χ2n) is 8.66. The Balaban J connectivity index is 0.00000363. The fourth-order valence-corrected chi connectivity index (χ4v) is 3.88. The van der Waals surface area contributed by atoms with Crippen LogP contribution in [0.2, 0.25) is 0 Å². The van der Waals surface area contributed by atoms with Crippen LogP contribution in [0.1, 0.15) is 49.5 Å². The second-order valence-corrected chi connectivity index (χ2v) is 8.66. The Labute approximate surface area is 198 Å². The summed E-state index contributed by atoms with van der Waals surface area (Å²) in [6.45, 7) is 9.74. The van der Waals surface area contributed by atoms with Gasteiger partial charge in [0, 0.05) is 19.6 Å². The minimum atomic E-state index is -0.259. The SMILES string of the molecule is COc1ccc(C2CN(CCOC(=O)C(C)c3ccc(CC(C)C)cc3)CCO2)cc1.Cl. The first kappa shape index (κ1) is 26.2. The molecule has 2 aromatic carbocycles. The third kappa shape index (κ3) is 7.51. The normalized spacial score (nSPS) is 17.5. The van der Waals surface area contributed by atoms with Crippen molar-refractivity contribution in [3.05, 3.63) is 65.2 Å². The van der Waals surface area contributed by atoms with Crippen LogP contribution in [0.5, 0.6) is 5.75 Å². The molecule has 0 amide bonds. The Morgan fingerprint density at radius 2 is 1.78 bits per heavy atom. The van der Waals surface area contributed by atoms with Crippen molar-refractivity contribution in [2.75, 3.05) is 40.0 Å². The summed E-state index contributed by atoms with van der Waals surface area (Å²) in [7, 11) is 1.66. The average Bonchev–Trinajstić information content (AvgIpc) is 2.79. The van der Waals surface area contributed by atoms with Crippen LogP contribution in [-0.4, -0.2) is 50.8 Å². The number of carbonyl (C=O) groups excluding carboxylic acids is 1. The first-order chi connectivity index (χ1) is 15.0. The summed E-state index contributed by atoms with van der Waals surface area (Å²) in [6, 6.07) is 16.3. The summed E-state index contributed by atoms with van der Waals surface area (Å²) in [5.41, 5.74) is 3.44. The zero-order valence-corrected chi connectivity index (χ0v) is 20.4. The van der Waals surface area contributed by atoms with Gasteiger partial charge < -0.3 is 14.2 Å². The Bertz CT molecular complexity index is 823. The van der Waals surface area contributed by atoms with E-state index in [2.05, 4.69) is 30.9 Å². The maximum Gasteiger partial charge on any atom is 0.313 e. The third-order valence-electron chi connectivity index (χ3n) is 5.77.